The molecule has 35 heavy (non-hydrogen) atoms. The molecule has 0 saturated carbocycles. The Bertz CT molecular complexity index is 940. The van der Waals surface area contributed by atoms with Crippen LogP contribution in [0.25, 0.3) is 10.8 Å². The van der Waals surface area contributed by atoms with Crippen molar-refractivity contribution >= 4 is 20.9 Å². The Hall–Kier alpha value is -0.390. The van der Waals surface area contributed by atoms with Gasteiger partial charge in [-0.25, -0.2) is 8.42 Å². The van der Waals surface area contributed by atoms with Crippen LogP contribution >= 0.6 is 0 Å². The van der Waals surface area contributed by atoms with Gasteiger partial charge in [0.05, 0.1) is 4.90 Å². The summed E-state index contributed by atoms with van der Waals surface area (Å²) in [6, 6.07) is 9.82. The summed E-state index contributed by atoms with van der Waals surface area (Å²) in [5, 5.41) is 1.98. The minimum atomic E-state index is -4.49. The maximum absolute atomic E-state index is 12.1. The monoisotopic (exact) mass is 510 g/mol. The number of rotatable bonds is 19. The summed E-state index contributed by atoms with van der Waals surface area (Å²) in [5.74, 6) is 0. The van der Waals surface area contributed by atoms with E-state index < -0.39 is 10.1 Å². The van der Waals surface area contributed by atoms with Crippen LogP contribution < -0.4 is 29.6 Å². The third kappa shape index (κ3) is 12.6. The van der Waals surface area contributed by atoms with Crippen molar-refractivity contribution < 1.29 is 42.5 Å². The van der Waals surface area contributed by atoms with Gasteiger partial charge in [0.1, 0.15) is 10.1 Å². The summed E-state index contributed by atoms with van der Waals surface area (Å²) in [6.07, 6.45) is 21.3. The second-order valence-corrected chi connectivity index (χ2v) is 11.4. The van der Waals surface area contributed by atoms with Crippen LogP contribution in [0.15, 0.2) is 35.2 Å². The van der Waals surface area contributed by atoms with Crippen LogP contribution in [0.1, 0.15) is 128 Å². The van der Waals surface area contributed by atoms with E-state index in [9.17, 15) is 13.0 Å². The Morgan fingerprint density at radius 2 is 1.09 bits per heavy atom. The van der Waals surface area contributed by atoms with E-state index in [0.29, 0.717) is 12.0 Å². The molecular weight excluding hydrogens is 463 g/mol. The molecule has 2 rings (SSSR count). The van der Waals surface area contributed by atoms with E-state index >= 15 is 0 Å². The first-order chi connectivity index (χ1) is 16.5. The molecule has 0 radical (unpaired) electrons. The molecule has 0 aliphatic carbocycles. The van der Waals surface area contributed by atoms with Crippen molar-refractivity contribution in [3.63, 3.8) is 0 Å². The largest absolute Gasteiger partial charge is 1.00 e. The average Bonchev–Trinajstić information content (AvgIpc) is 2.81. The fourth-order valence-corrected chi connectivity index (χ4v) is 5.71. The quantitative estimate of drug-likeness (QED) is 0.130. The standard InChI is InChI=1S/C30H48O3S.Na/c1-3-5-7-9-11-13-15-17-20-26-22-19-23-27-24-28(30(25-29(26)27)34(31,32)33)21-18-16-14-12-10-8-6-4-2;/h19,22-25H,3-18,20-21H2,1-2H3,(H,31,32,33);/q;+1/p-1. The zero-order valence-corrected chi connectivity index (χ0v) is 25.6. The Morgan fingerprint density at radius 3 is 1.57 bits per heavy atom. The maximum Gasteiger partial charge on any atom is 1.00 e. The molecular formula is C30H47NaO3S. The summed E-state index contributed by atoms with van der Waals surface area (Å²) in [4.78, 5) is -0.00804. The van der Waals surface area contributed by atoms with Gasteiger partial charge in [-0.15, -0.1) is 0 Å². The van der Waals surface area contributed by atoms with Crippen molar-refractivity contribution in [3.05, 3.63) is 41.5 Å². The van der Waals surface area contributed by atoms with Gasteiger partial charge in [0.2, 0.25) is 0 Å². The number of hydrogen-bond donors (Lipinski definition) is 0. The number of benzene rings is 2. The first-order valence-corrected chi connectivity index (χ1v) is 15.4. The zero-order chi connectivity index (χ0) is 24.7. The van der Waals surface area contributed by atoms with Crippen molar-refractivity contribution in [2.45, 2.75) is 134 Å². The SMILES string of the molecule is CCCCCCCCCCc1cc2cccc(CCCCCCCCCC)c2cc1S(=O)(=O)[O-].[Na+]. The number of unbranched alkanes of at least 4 members (excludes halogenated alkanes) is 14. The molecule has 0 amide bonds. The molecule has 0 aliphatic rings. The summed E-state index contributed by atoms with van der Waals surface area (Å²) < 4.78 is 36.3. The van der Waals surface area contributed by atoms with E-state index in [0.717, 1.165) is 42.0 Å². The first-order valence-electron chi connectivity index (χ1n) is 14.0. The van der Waals surface area contributed by atoms with Gasteiger partial charge >= 0.3 is 29.6 Å². The Balaban J connectivity index is 0.00000612. The summed E-state index contributed by atoms with van der Waals surface area (Å²) >= 11 is 0. The van der Waals surface area contributed by atoms with Crippen molar-refractivity contribution in [2.75, 3.05) is 0 Å². The molecule has 3 nitrogen and oxygen atoms in total. The second kappa shape index (κ2) is 18.8. The van der Waals surface area contributed by atoms with Crippen LogP contribution in [-0.2, 0) is 23.0 Å². The van der Waals surface area contributed by atoms with E-state index in [1.165, 1.54) is 83.5 Å². The van der Waals surface area contributed by atoms with E-state index in [1.54, 1.807) is 6.07 Å². The van der Waals surface area contributed by atoms with Crippen molar-refractivity contribution in [1.82, 2.24) is 0 Å². The van der Waals surface area contributed by atoms with Gasteiger partial charge in [0.25, 0.3) is 0 Å². The van der Waals surface area contributed by atoms with Crippen LogP contribution in [0.3, 0.4) is 0 Å². The minimum Gasteiger partial charge on any atom is -0.744 e. The van der Waals surface area contributed by atoms with Gasteiger partial charge in [-0.2, -0.15) is 0 Å². The van der Waals surface area contributed by atoms with Crippen molar-refractivity contribution in [3.8, 4) is 0 Å². The Morgan fingerprint density at radius 1 is 0.629 bits per heavy atom. The molecule has 0 unspecified atom stereocenters. The van der Waals surface area contributed by atoms with Crippen LogP contribution in [0, 0.1) is 0 Å². The number of fused-ring (bicyclic) bond motifs is 1. The molecule has 0 saturated heterocycles. The normalized spacial score (nSPS) is 11.6. The fourth-order valence-electron chi connectivity index (χ4n) is 4.96. The summed E-state index contributed by atoms with van der Waals surface area (Å²) in [7, 11) is -4.49. The molecule has 2 aromatic carbocycles. The fraction of sp³-hybridized carbons (Fsp3) is 0.667. The van der Waals surface area contributed by atoms with Gasteiger partial charge in [0.15, 0.2) is 0 Å². The van der Waals surface area contributed by atoms with Gasteiger partial charge in [-0.1, -0.05) is 122 Å². The number of aryl methyl sites for hydroxylation is 2. The topological polar surface area (TPSA) is 57.2 Å². The molecule has 192 valence electrons. The van der Waals surface area contributed by atoms with Crippen LogP contribution in [0.5, 0.6) is 0 Å². The van der Waals surface area contributed by atoms with Gasteiger partial charge in [-0.3, -0.25) is 0 Å². The molecule has 0 aliphatic heterocycles. The molecule has 0 atom stereocenters. The van der Waals surface area contributed by atoms with Crippen molar-refractivity contribution in [1.29, 1.82) is 0 Å². The van der Waals surface area contributed by atoms with E-state index in [-0.39, 0.29) is 34.5 Å². The maximum atomic E-state index is 12.1. The van der Waals surface area contributed by atoms with Crippen LogP contribution in [0.2, 0.25) is 0 Å². The summed E-state index contributed by atoms with van der Waals surface area (Å²) in [6.45, 7) is 4.47. The Labute approximate surface area is 237 Å². The number of hydrogen-bond acceptors (Lipinski definition) is 3. The molecule has 0 heterocycles. The third-order valence-electron chi connectivity index (χ3n) is 7.02. The predicted molar refractivity (Wildman–Crippen MR) is 145 cm³/mol. The first kappa shape index (κ1) is 32.6. The van der Waals surface area contributed by atoms with Gasteiger partial charge in [-0.05, 0) is 59.7 Å². The molecule has 5 heteroatoms. The smallest absolute Gasteiger partial charge is 0.744 e. The molecule has 0 spiro atoms. The molecule has 2 aromatic rings. The van der Waals surface area contributed by atoms with E-state index in [1.807, 2.05) is 12.1 Å². The Kier molecular flexibility index (Phi) is 17.5. The second-order valence-electron chi connectivity index (χ2n) is 10.0. The third-order valence-corrected chi connectivity index (χ3v) is 7.94. The van der Waals surface area contributed by atoms with Crippen LogP contribution in [0.4, 0.5) is 0 Å². The van der Waals surface area contributed by atoms with E-state index in [4.69, 9.17) is 0 Å². The van der Waals surface area contributed by atoms with E-state index in [2.05, 4.69) is 26.0 Å². The average molecular weight is 511 g/mol. The van der Waals surface area contributed by atoms with Gasteiger partial charge in [0, 0.05) is 0 Å². The molecule has 0 fully saturated rings. The molecule has 0 bridgehead atoms. The minimum absolute atomic E-state index is 0. The van der Waals surface area contributed by atoms with Crippen LogP contribution in [-0.4, -0.2) is 13.0 Å². The zero-order valence-electron chi connectivity index (χ0n) is 22.7. The molecule has 0 aromatic heterocycles. The van der Waals surface area contributed by atoms with Crippen molar-refractivity contribution in [2.24, 2.45) is 0 Å². The van der Waals surface area contributed by atoms with Gasteiger partial charge < -0.3 is 4.55 Å². The predicted octanol–water partition coefficient (Wildman–Crippen LogP) is 6.11. The summed E-state index contributed by atoms with van der Waals surface area (Å²) in [5.41, 5.74) is 1.85. The molecule has 0 N–H and O–H groups in total.